The molecule has 1 aromatic carbocycles. The molecule has 0 bridgehead atoms. The Morgan fingerprint density at radius 3 is 2.88 bits per heavy atom. The third-order valence-electron chi connectivity index (χ3n) is 2.99. The van der Waals surface area contributed by atoms with Gasteiger partial charge in [0.05, 0.1) is 13.2 Å². The number of ether oxygens (including phenoxy) is 2. The van der Waals surface area contributed by atoms with Crippen molar-refractivity contribution in [3.63, 3.8) is 0 Å². The summed E-state index contributed by atoms with van der Waals surface area (Å²) in [5, 5.41) is 0. The van der Waals surface area contributed by atoms with Crippen LogP contribution in [0, 0.1) is 6.92 Å². The Kier molecular flexibility index (Phi) is 4.83. The fourth-order valence-electron chi connectivity index (χ4n) is 1.85. The van der Waals surface area contributed by atoms with Gasteiger partial charge in [-0.1, -0.05) is 22.0 Å². The summed E-state index contributed by atoms with van der Waals surface area (Å²) in [4.78, 5) is 2.37. The molecular formula is C13H18BrNO2. The molecule has 0 N–H and O–H groups in total. The largest absolute Gasteiger partial charge is 0.492 e. The minimum atomic E-state index is 0.733. The zero-order valence-electron chi connectivity index (χ0n) is 10.1. The number of nitrogens with zero attached hydrogens (tertiary/aromatic N) is 1. The first-order chi connectivity index (χ1) is 8.27. The zero-order chi connectivity index (χ0) is 12.1. The predicted octanol–water partition coefficient (Wildman–Crippen LogP) is 2.47. The first-order valence-electron chi connectivity index (χ1n) is 5.95. The van der Waals surface area contributed by atoms with Crippen LogP contribution in [0.2, 0.25) is 0 Å². The molecular weight excluding hydrogens is 282 g/mol. The Hall–Kier alpha value is -0.580. The van der Waals surface area contributed by atoms with Gasteiger partial charge in [0.25, 0.3) is 0 Å². The highest BCUT2D eigenvalue weighted by Gasteiger charge is 2.10. The standard InChI is InChI=1S/C13H18BrNO2/c1-11-12(14)3-2-4-13(11)17-10-7-15-5-8-16-9-6-15/h2-4H,5-10H2,1H3. The topological polar surface area (TPSA) is 21.7 Å². The molecule has 1 heterocycles. The van der Waals surface area contributed by atoms with Crippen LogP contribution >= 0.6 is 15.9 Å². The lowest BCUT2D eigenvalue weighted by Crippen LogP contribution is -2.38. The summed E-state index contributed by atoms with van der Waals surface area (Å²) in [5.74, 6) is 0.965. The van der Waals surface area contributed by atoms with Crippen molar-refractivity contribution in [2.24, 2.45) is 0 Å². The highest BCUT2D eigenvalue weighted by Crippen LogP contribution is 2.25. The van der Waals surface area contributed by atoms with Crippen LogP contribution in [0.3, 0.4) is 0 Å². The van der Waals surface area contributed by atoms with Gasteiger partial charge in [-0.2, -0.15) is 0 Å². The Morgan fingerprint density at radius 2 is 2.12 bits per heavy atom. The van der Waals surface area contributed by atoms with Gasteiger partial charge in [0, 0.05) is 29.7 Å². The van der Waals surface area contributed by atoms with Crippen molar-refractivity contribution in [2.45, 2.75) is 6.92 Å². The molecule has 1 aliphatic rings. The Bertz CT molecular complexity index is 364. The Morgan fingerprint density at radius 1 is 1.35 bits per heavy atom. The third-order valence-corrected chi connectivity index (χ3v) is 3.85. The van der Waals surface area contributed by atoms with Crippen LogP contribution < -0.4 is 4.74 Å². The summed E-state index contributed by atoms with van der Waals surface area (Å²) in [6.07, 6.45) is 0. The van der Waals surface area contributed by atoms with E-state index in [-0.39, 0.29) is 0 Å². The molecule has 2 rings (SSSR count). The molecule has 1 fully saturated rings. The molecule has 0 amide bonds. The van der Waals surface area contributed by atoms with E-state index in [1.807, 2.05) is 18.2 Å². The highest BCUT2D eigenvalue weighted by atomic mass is 79.9. The van der Waals surface area contributed by atoms with E-state index < -0.39 is 0 Å². The van der Waals surface area contributed by atoms with Gasteiger partial charge < -0.3 is 9.47 Å². The lowest BCUT2D eigenvalue weighted by atomic mass is 10.2. The number of halogens is 1. The van der Waals surface area contributed by atoms with Gasteiger partial charge in [0.15, 0.2) is 0 Å². The molecule has 3 nitrogen and oxygen atoms in total. The summed E-state index contributed by atoms with van der Waals surface area (Å²) in [6, 6.07) is 6.05. The molecule has 0 radical (unpaired) electrons. The average molecular weight is 300 g/mol. The van der Waals surface area contributed by atoms with E-state index in [2.05, 4.69) is 27.8 Å². The van der Waals surface area contributed by atoms with E-state index in [0.29, 0.717) is 0 Å². The van der Waals surface area contributed by atoms with Crippen LogP contribution in [0.5, 0.6) is 5.75 Å². The summed E-state index contributed by atoms with van der Waals surface area (Å²) >= 11 is 3.51. The van der Waals surface area contributed by atoms with Crippen molar-refractivity contribution in [2.75, 3.05) is 39.5 Å². The second-order valence-corrected chi connectivity index (χ2v) is 5.02. The van der Waals surface area contributed by atoms with Gasteiger partial charge in [0.2, 0.25) is 0 Å². The lowest BCUT2D eigenvalue weighted by molar-refractivity contribution is 0.0322. The van der Waals surface area contributed by atoms with Gasteiger partial charge in [-0.25, -0.2) is 0 Å². The van der Waals surface area contributed by atoms with Crippen LogP contribution in [-0.2, 0) is 4.74 Å². The van der Waals surface area contributed by atoms with Crippen LogP contribution in [0.15, 0.2) is 22.7 Å². The molecule has 1 saturated heterocycles. The second kappa shape index (κ2) is 6.38. The van der Waals surface area contributed by atoms with E-state index in [4.69, 9.17) is 9.47 Å². The summed E-state index contributed by atoms with van der Waals surface area (Å²) in [7, 11) is 0. The number of rotatable bonds is 4. The van der Waals surface area contributed by atoms with Crippen molar-refractivity contribution in [1.82, 2.24) is 4.90 Å². The number of hydrogen-bond acceptors (Lipinski definition) is 3. The fraction of sp³-hybridized carbons (Fsp3) is 0.538. The molecule has 1 aromatic rings. The van der Waals surface area contributed by atoms with Gasteiger partial charge in [-0.05, 0) is 19.1 Å². The SMILES string of the molecule is Cc1c(Br)cccc1OCCN1CCOCC1. The van der Waals surface area contributed by atoms with Crippen molar-refractivity contribution in [1.29, 1.82) is 0 Å². The summed E-state index contributed by atoms with van der Waals surface area (Å²) in [6.45, 7) is 7.48. The molecule has 0 aliphatic carbocycles. The molecule has 0 spiro atoms. The molecule has 0 unspecified atom stereocenters. The maximum Gasteiger partial charge on any atom is 0.123 e. The normalized spacial score (nSPS) is 17.1. The minimum absolute atomic E-state index is 0.733. The van der Waals surface area contributed by atoms with Crippen LogP contribution in [0.25, 0.3) is 0 Å². The van der Waals surface area contributed by atoms with Crippen LogP contribution in [0.1, 0.15) is 5.56 Å². The molecule has 94 valence electrons. The molecule has 0 atom stereocenters. The Labute approximate surface area is 111 Å². The van der Waals surface area contributed by atoms with Gasteiger partial charge in [-0.15, -0.1) is 0 Å². The van der Waals surface area contributed by atoms with Crippen molar-refractivity contribution < 1.29 is 9.47 Å². The van der Waals surface area contributed by atoms with Gasteiger partial charge in [0.1, 0.15) is 12.4 Å². The maximum absolute atomic E-state index is 5.81. The number of hydrogen-bond donors (Lipinski definition) is 0. The predicted molar refractivity (Wildman–Crippen MR) is 71.6 cm³/mol. The molecule has 4 heteroatoms. The zero-order valence-corrected chi connectivity index (χ0v) is 11.7. The molecule has 17 heavy (non-hydrogen) atoms. The van der Waals surface area contributed by atoms with E-state index in [9.17, 15) is 0 Å². The first kappa shape index (κ1) is 12.9. The monoisotopic (exact) mass is 299 g/mol. The average Bonchev–Trinajstić information content (AvgIpc) is 2.36. The summed E-state index contributed by atoms with van der Waals surface area (Å²) in [5.41, 5.74) is 1.16. The fourth-order valence-corrected chi connectivity index (χ4v) is 2.20. The van der Waals surface area contributed by atoms with Crippen molar-refractivity contribution in [3.8, 4) is 5.75 Å². The smallest absolute Gasteiger partial charge is 0.123 e. The van der Waals surface area contributed by atoms with Gasteiger partial charge in [-0.3, -0.25) is 4.90 Å². The number of morpholine rings is 1. The first-order valence-corrected chi connectivity index (χ1v) is 6.74. The van der Waals surface area contributed by atoms with Crippen molar-refractivity contribution >= 4 is 15.9 Å². The maximum atomic E-state index is 5.81. The summed E-state index contributed by atoms with van der Waals surface area (Å²) < 4.78 is 12.2. The number of benzene rings is 1. The lowest BCUT2D eigenvalue weighted by Gasteiger charge is -2.26. The second-order valence-electron chi connectivity index (χ2n) is 4.17. The van der Waals surface area contributed by atoms with Crippen LogP contribution in [-0.4, -0.2) is 44.4 Å². The van der Waals surface area contributed by atoms with E-state index in [1.165, 1.54) is 0 Å². The molecule has 1 aliphatic heterocycles. The van der Waals surface area contributed by atoms with Gasteiger partial charge >= 0.3 is 0 Å². The minimum Gasteiger partial charge on any atom is -0.492 e. The quantitative estimate of drug-likeness (QED) is 0.852. The third kappa shape index (κ3) is 3.69. The highest BCUT2D eigenvalue weighted by molar-refractivity contribution is 9.10. The van der Waals surface area contributed by atoms with Crippen molar-refractivity contribution in [3.05, 3.63) is 28.2 Å². The van der Waals surface area contributed by atoms with Crippen LogP contribution in [0.4, 0.5) is 0 Å². The van der Waals surface area contributed by atoms with E-state index in [0.717, 1.165) is 55.2 Å². The molecule has 0 aromatic heterocycles. The van der Waals surface area contributed by atoms with E-state index in [1.54, 1.807) is 0 Å². The Balaban J connectivity index is 1.79. The van der Waals surface area contributed by atoms with E-state index >= 15 is 0 Å². The molecule has 0 saturated carbocycles.